The minimum Gasteiger partial charge on any atom is -0.370 e. The Morgan fingerprint density at radius 1 is 1.88 bits per heavy atom. The van der Waals surface area contributed by atoms with E-state index in [-0.39, 0.29) is 0 Å². The summed E-state index contributed by atoms with van der Waals surface area (Å²) < 4.78 is 0. The van der Waals surface area contributed by atoms with E-state index in [4.69, 9.17) is 11.5 Å². The Kier molecular flexibility index (Phi) is 3.60. The largest absolute Gasteiger partial charge is 0.370 e. The fourth-order valence-corrected chi connectivity index (χ4v) is 0.249. The lowest BCUT2D eigenvalue weighted by Crippen LogP contribution is -2.35. The van der Waals surface area contributed by atoms with Gasteiger partial charge in [0.05, 0.1) is 6.67 Å². The molecule has 0 saturated carbocycles. The summed E-state index contributed by atoms with van der Waals surface area (Å²) in [6.45, 7) is 3.63. The van der Waals surface area contributed by atoms with Crippen LogP contribution in [0.1, 0.15) is 0 Å². The Bertz CT molecular complexity index is 96.2. The normalized spacial score (nSPS) is 10.9. The van der Waals surface area contributed by atoms with E-state index < -0.39 is 0 Å². The summed E-state index contributed by atoms with van der Waals surface area (Å²) in [5.74, 6) is 0.294. The molecule has 5 N–H and O–H groups in total. The van der Waals surface area contributed by atoms with Crippen molar-refractivity contribution in [2.24, 2.45) is 16.5 Å². The Morgan fingerprint density at radius 2 is 2.50 bits per heavy atom. The molecule has 0 fully saturated rings. The molecule has 4 nitrogen and oxygen atoms in total. The van der Waals surface area contributed by atoms with Crippen LogP contribution in [0.3, 0.4) is 0 Å². The molecular weight excluding hydrogens is 104 g/mol. The highest BCUT2D eigenvalue weighted by Gasteiger charge is 1.79. The van der Waals surface area contributed by atoms with Crippen LogP contribution in [0.2, 0.25) is 0 Å². The van der Waals surface area contributed by atoms with E-state index in [9.17, 15) is 0 Å². The zero-order valence-electron chi connectivity index (χ0n) is 4.59. The molecule has 46 valence electrons. The molecule has 0 rings (SSSR count). The van der Waals surface area contributed by atoms with Gasteiger partial charge in [0.15, 0.2) is 5.96 Å². The minimum atomic E-state index is 0.294. The smallest absolute Gasteiger partial charge is 0.194 e. The molecule has 0 atom stereocenters. The number of nitrogens with two attached hydrogens (primary N) is 2. The predicted molar refractivity (Wildman–Crippen MR) is 34.0 cm³/mol. The number of rotatable bonds is 2. The van der Waals surface area contributed by atoms with Gasteiger partial charge in [-0.1, -0.05) is 6.58 Å². The van der Waals surface area contributed by atoms with Crippen LogP contribution < -0.4 is 16.8 Å². The average molecular weight is 114 g/mol. The third-order valence-corrected chi connectivity index (χ3v) is 0.514. The summed E-state index contributed by atoms with van der Waals surface area (Å²) in [4.78, 5) is 3.58. The average Bonchev–Trinajstić information content (AvgIpc) is 1.68. The highest BCUT2D eigenvalue weighted by atomic mass is 15.1. The van der Waals surface area contributed by atoms with Gasteiger partial charge in [0.2, 0.25) is 0 Å². The lowest BCUT2D eigenvalue weighted by Gasteiger charge is -1.96. The van der Waals surface area contributed by atoms with Crippen LogP contribution in [0.25, 0.3) is 0 Å². The Labute approximate surface area is 48.3 Å². The second-order valence-electron chi connectivity index (χ2n) is 1.08. The maximum absolute atomic E-state index is 5.18. The van der Waals surface area contributed by atoms with Crippen LogP contribution >= 0.6 is 0 Å². The molecule has 0 heterocycles. The van der Waals surface area contributed by atoms with Crippen LogP contribution in [0.15, 0.2) is 17.8 Å². The van der Waals surface area contributed by atoms with Gasteiger partial charge in [-0.05, 0) is 0 Å². The fraction of sp³-hybridized carbons (Fsp3) is 0.250. The zero-order chi connectivity index (χ0) is 6.41. The molecule has 4 heteroatoms. The quantitative estimate of drug-likeness (QED) is 0.243. The maximum Gasteiger partial charge on any atom is 0.194 e. The summed E-state index contributed by atoms with van der Waals surface area (Å²) >= 11 is 0. The van der Waals surface area contributed by atoms with Crippen molar-refractivity contribution in [3.05, 3.63) is 12.8 Å². The summed E-state index contributed by atoms with van der Waals surface area (Å²) in [6.07, 6.45) is 1.35. The molecular formula is C4H10N4. The van der Waals surface area contributed by atoms with Crippen molar-refractivity contribution in [2.45, 2.75) is 0 Å². The monoisotopic (exact) mass is 114 g/mol. The molecule has 0 aliphatic rings. The van der Waals surface area contributed by atoms with E-state index in [1.165, 1.54) is 6.20 Å². The van der Waals surface area contributed by atoms with Gasteiger partial charge < -0.3 is 16.8 Å². The number of nitrogens with zero attached hydrogens (tertiary/aromatic N) is 1. The highest BCUT2D eigenvalue weighted by Crippen LogP contribution is 1.62. The molecule has 0 aromatic rings. The third-order valence-electron chi connectivity index (χ3n) is 0.514. The molecule has 0 amide bonds. The molecule has 0 radical (unpaired) electrons. The van der Waals surface area contributed by atoms with Gasteiger partial charge >= 0.3 is 0 Å². The van der Waals surface area contributed by atoms with Crippen LogP contribution in [-0.4, -0.2) is 12.6 Å². The number of aliphatic imine (C=N–C) groups is 1. The second kappa shape index (κ2) is 4.14. The standard InChI is InChI=1S/C4H10N4/c1-2-7-4(6)8-3-5/h2H,1,3,5H2,(H3,6,7,8). The second-order valence-corrected chi connectivity index (χ2v) is 1.08. The van der Waals surface area contributed by atoms with E-state index in [2.05, 4.69) is 16.9 Å². The molecule has 0 spiro atoms. The third kappa shape index (κ3) is 3.17. The van der Waals surface area contributed by atoms with Crippen molar-refractivity contribution in [3.63, 3.8) is 0 Å². The lowest BCUT2D eigenvalue weighted by molar-refractivity contribution is 0.916. The predicted octanol–water partition coefficient (Wildman–Crippen LogP) is -1.05. The molecule has 0 aromatic carbocycles. The van der Waals surface area contributed by atoms with Crippen molar-refractivity contribution in [3.8, 4) is 0 Å². The Balaban J connectivity index is 3.44. The summed E-state index contributed by atoms with van der Waals surface area (Å²) in [5.41, 5.74) is 10.2. The van der Waals surface area contributed by atoms with Gasteiger partial charge in [-0.25, -0.2) is 4.99 Å². The first-order chi connectivity index (χ1) is 3.81. The topological polar surface area (TPSA) is 76.4 Å². The fourth-order valence-electron chi connectivity index (χ4n) is 0.249. The van der Waals surface area contributed by atoms with Crippen molar-refractivity contribution in [2.75, 3.05) is 6.67 Å². The Hall–Kier alpha value is -1.03. The van der Waals surface area contributed by atoms with Gasteiger partial charge in [0.1, 0.15) is 0 Å². The van der Waals surface area contributed by atoms with Crippen molar-refractivity contribution in [1.82, 2.24) is 5.32 Å². The highest BCUT2D eigenvalue weighted by molar-refractivity contribution is 5.78. The summed E-state index contributed by atoms with van der Waals surface area (Å²) in [5, 5.41) is 2.58. The van der Waals surface area contributed by atoms with Gasteiger partial charge in [0.25, 0.3) is 0 Å². The van der Waals surface area contributed by atoms with E-state index in [1.807, 2.05) is 0 Å². The van der Waals surface area contributed by atoms with Crippen molar-refractivity contribution in [1.29, 1.82) is 0 Å². The number of hydrogen-bond acceptors (Lipinski definition) is 2. The number of hydrogen-bond donors (Lipinski definition) is 3. The first-order valence-electron chi connectivity index (χ1n) is 2.19. The van der Waals surface area contributed by atoms with Gasteiger partial charge in [-0.2, -0.15) is 0 Å². The Morgan fingerprint density at radius 3 is 2.88 bits per heavy atom. The van der Waals surface area contributed by atoms with E-state index in [1.54, 1.807) is 0 Å². The van der Waals surface area contributed by atoms with Crippen molar-refractivity contribution >= 4 is 5.96 Å². The number of nitrogens with one attached hydrogen (secondary N) is 1. The van der Waals surface area contributed by atoms with E-state index in [0.29, 0.717) is 12.6 Å². The van der Waals surface area contributed by atoms with Gasteiger partial charge in [0, 0.05) is 6.20 Å². The molecule has 0 aliphatic heterocycles. The van der Waals surface area contributed by atoms with Gasteiger partial charge in [-0.3, -0.25) is 0 Å². The molecule has 8 heavy (non-hydrogen) atoms. The molecule has 0 aromatic heterocycles. The zero-order valence-corrected chi connectivity index (χ0v) is 4.59. The molecule has 0 saturated heterocycles. The molecule has 0 unspecified atom stereocenters. The number of guanidine groups is 1. The van der Waals surface area contributed by atoms with Crippen LogP contribution in [-0.2, 0) is 0 Å². The van der Waals surface area contributed by atoms with Crippen LogP contribution in [0.4, 0.5) is 0 Å². The minimum absolute atomic E-state index is 0.294. The van der Waals surface area contributed by atoms with E-state index in [0.717, 1.165) is 0 Å². The van der Waals surface area contributed by atoms with Gasteiger partial charge in [-0.15, -0.1) is 0 Å². The van der Waals surface area contributed by atoms with Crippen LogP contribution in [0.5, 0.6) is 0 Å². The first kappa shape index (κ1) is 6.97. The molecule has 0 bridgehead atoms. The SMILES string of the molecule is C=C/N=C(/N)NCN. The maximum atomic E-state index is 5.18. The van der Waals surface area contributed by atoms with Crippen LogP contribution in [0, 0.1) is 0 Å². The summed E-state index contributed by atoms with van der Waals surface area (Å²) in [6, 6.07) is 0. The molecule has 0 aliphatic carbocycles. The summed E-state index contributed by atoms with van der Waals surface area (Å²) in [7, 11) is 0. The lowest BCUT2D eigenvalue weighted by atomic mass is 10.9. The first-order valence-corrected chi connectivity index (χ1v) is 2.19. The van der Waals surface area contributed by atoms with Crippen molar-refractivity contribution < 1.29 is 0 Å². The van der Waals surface area contributed by atoms with E-state index >= 15 is 0 Å².